The first-order chi connectivity index (χ1) is 13.9. The van der Waals surface area contributed by atoms with Crippen molar-refractivity contribution in [3.63, 3.8) is 0 Å². The Morgan fingerprint density at radius 3 is 2.80 bits per heavy atom. The van der Waals surface area contributed by atoms with Gasteiger partial charge in [0.25, 0.3) is 0 Å². The van der Waals surface area contributed by atoms with E-state index in [2.05, 4.69) is 9.97 Å². The fourth-order valence-corrected chi connectivity index (χ4v) is 2.97. The summed E-state index contributed by atoms with van der Waals surface area (Å²) >= 11 is 0. The van der Waals surface area contributed by atoms with Crippen LogP contribution in [0.4, 0.5) is 0 Å². The lowest BCUT2D eigenvalue weighted by Crippen LogP contribution is -2.09. The highest BCUT2D eigenvalue weighted by Crippen LogP contribution is 2.35. The molecule has 0 amide bonds. The number of hydrogen-bond acceptors (Lipinski definition) is 3. The smallest absolute Gasteiger partial charge is 0.227 e. The predicted molar refractivity (Wildman–Crippen MR) is 103 cm³/mol. The van der Waals surface area contributed by atoms with E-state index >= 15 is 0 Å². The zero-order valence-electron chi connectivity index (χ0n) is 19.4. The van der Waals surface area contributed by atoms with Crippen LogP contribution >= 0.6 is 0 Å². The van der Waals surface area contributed by atoms with Crippen molar-refractivity contribution in [3.05, 3.63) is 59.9 Å². The van der Waals surface area contributed by atoms with Crippen LogP contribution in [0.5, 0.6) is 0 Å². The van der Waals surface area contributed by atoms with E-state index in [4.69, 9.17) is 11.3 Å². The van der Waals surface area contributed by atoms with Gasteiger partial charge in [-0.25, -0.2) is 4.98 Å². The lowest BCUT2D eigenvalue weighted by atomic mass is 9.88. The van der Waals surface area contributed by atoms with Crippen molar-refractivity contribution in [1.82, 2.24) is 9.97 Å². The summed E-state index contributed by atoms with van der Waals surface area (Å²) in [5.74, 6) is 0. The summed E-state index contributed by atoms with van der Waals surface area (Å²) in [6.45, 7) is 3.27. The van der Waals surface area contributed by atoms with E-state index in [1.54, 1.807) is 24.4 Å². The van der Waals surface area contributed by atoms with Crippen LogP contribution in [0.3, 0.4) is 0 Å². The van der Waals surface area contributed by atoms with Crippen LogP contribution in [0.15, 0.2) is 53.1 Å². The summed E-state index contributed by atoms with van der Waals surface area (Å²) in [6, 6.07) is 12.3. The molecule has 0 saturated carbocycles. The molecule has 0 N–H and O–H groups in total. The lowest BCUT2D eigenvalue weighted by Gasteiger charge is -2.18. The van der Waals surface area contributed by atoms with Gasteiger partial charge in [0.05, 0.1) is 5.69 Å². The van der Waals surface area contributed by atoms with Gasteiger partial charge in [-0.15, -0.1) is 0 Å². The SMILES string of the molecule is [2H]C([2H])([2H])c1ccc2c(n1)oc1c(-c3cc(C([2H])([2H])C(C)(C)C)ccn3)cccc12. The van der Waals surface area contributed by atoms with Gasteiger partial charge in [0.2, 0.25) is 5.71 Å². The number of aryl methyl sites for hydroxylation is 1. The molecule has 3 heteroatoms. The molecule has 0 fully saturated rings. The fourth-order valence-electron chi connectivity index (χ4n) is 2.97. The standard InChI is InChI=1S/C22H22N2O/c1-14-8-9-17-16-6-5-7-18(20(16)25-21(17)24-14)19-12-15(10-11-23-19)13-22(2,3)4/h5-12H,13H2,1-4H3/i1D3,13D2. The number of pyridine rings is 2. The highest BCUT2D eigenvalue weighted by Gasteiger charge is 2.16. The van der Waals surface area contributed by atoms with Crippen molar-refractivity contribution in [2.45, 2.75) is 34.0 Å². The first-order valence-electron chi connectivity index (χ1n) is 10.7. The van der Waals surface area contributed by atoms with Crippen LogP contribution in [0.1, 0.15) is 38.9 Å². The summed E-state index contributed by atoms with van der Waals surface area (Å²) in [5.41, 5.74) is 2.02. The molecule has 25 heavy (non-hydrogen) atoms. The molecule has 4 rings (SSSR count). The van der Waals surface area contributed by atoms with E-state index < -0.39 is 18.6 Å². The monoisotopic (exact) mass is 335 g/mol. The van der Waals surface area contributed by atoms with Gasteiger partial charge >= 0.3 is 0 Å². The average molecular weight is 335 g/mol. The Labute approximate surface area is 154 Å². The molecule has 0 saturated heterocycles. The minimum Gasteiger partial charge on any atom is -0.437 e. The summed E-state index contributed by atoms with van der Waals surface area (Å²) in [6.07, 6.45) is 0.0450. The quantitative estimate of drug-likeness (QED) is 0.455. The van der Waals surface area contributed by atoms with Crippen LogP contribution < -0.4 is 0 Å². The van der Waals surface area contributed by atoms with Crippen LogP contribution in [-0.2, 0) is 6.37 Å². The highest BCUT2D eigenvalue weighted by molar-refractivity contribution is 6.08. The molecule has 0 bridgehead atoms. The number of hydrogen-bond donors (Lipinski definition) is 0. The van der Waals surface area contributed by atoms with E-state index in [0.29, 0.717) is 22.4 Å². The Balaban J connectivity index is 1.91. The second-order valence-corrected chi connectivity index (χ2v) is 7.14. The molecule has 3 heterocycles. The van der Waals surface area contributed by atoms with Gasteiger partial charge in [0.15, 0.2) is 0 Å². The van der Waals surface area contributed by atoms with Gasteiger partial charge in [-0.05, 0) is 54.5 Å². The molecule has 0 aliphatic carbocycles. The third kappa shape index (κ3) is 3.02. The van der Waals surface area contributed by atoms with E-state index in [0.717, 1.165) is 10.8 Å². The number of nitrogens with zero attached hydrogens (tertiary/aromatic N) is 2. The molecular weight excluding hydrogens is 308 g/mol. The number of para-hydroxylation sites is 1. The molecule has 126 valence electrons. The molecule has 0 unspecified atom stereocenters. The van der Waals surface area contributed by atoms with Crippen molar-refractivity contribution >= 4 is 22.1 Å². The fraction of sp³-hybridized carbons (Fsp3) is 0.273. The second kappa shape index (κ2) is 5.69. The summed E-state index contributed by atoms with van der Waals surface area (Å²) in [7, 11) is 0. The normalized spacial score (nSPS) is 16.2. The number of benzene rings is 1. The van der Waals surface area contributed by atoms with Gasteiger partial charge in [-0.2, -0.15) is 0 Å². The Hall–Kier alpha value is -2.68. The van der Waals surface area contributed by atoms with E-state index in [-0.39, 0.29) is 11.4 Å². The minimum atomic E-state index is -2.32. The predicted octanol–water partition coefficient (Wildman–Crippen LogP) is 5.94. The highest BCUT2D eigenvalue weighted by atomic mass is 16.3. The van der Waals surface area contributed by atoms with Crippen molar-refractivity contribution in [1.29, 1.82) is 0 Å². The van der Waals surface area contributed by atoms with Crippen LogP contribution in [0.2, 0.25) is 0 Å². The van der Waals surface area contributed by atoms with Crippen molar-refractivity contribution in [3.8, 4) is 11.3 Å². The third-order valence-electron chi connectivity index (χ3n) is 3.92. The maximum atomic E-state index is 8.56. The molecule has 0 aliphatic heterocycles. The van der Waals surface area contributed by atoms with Gasteiger partial charge in [-0.1, -0.05) is 32.9 Å². The van der Waals surface area contributed by atoms with Gasteiger partial charge in [0, 0.05) is 35.1 Å². The van der Waals surface area contributed by atoms with E-state index in [1.807, 2.05) is 39.0 Å². The lowest BCUT2D eigenvalue weighted by molar-refractivity contribution is 0.411. The molecular formula is C22H22N2O. The van der Waals surface area contributed by atoms with E-state index in [9.17, 15) is 0 Å². The van der Waals surface area contributed by atoms with Crippen LogP contribution in [0.25, 0.3) is 33.3 Å². The second-order valence-electron chi connectivity index (χ2n) is 7.14. The minimum absolute atomic E-state index is 0.0194. The number of aromatic nitrogens is 2. The topological polar surface area (TPSA) is 38.9 Å². The van der Waals surface area contributed by atoms with Crippen molar-refractivity contribution in [2.24, 2.45) is 5.41 Å². The Morgan fingerprint density at radius 1 is 1.12 bits per heavy atom. The number of fused-ring (bicyclic) bond motifs is 3. The zero-order chi connectivity index (χ0) is 21.9. The maximum Gasteiger partial charge on any atom is 0.227 e. The van der Waals surface area contributed by atoms with E-state index in [1.165, 1.54) is 6.07 Å². The van der Waals surface area contributed by atoms with Crippen molar-refractivity contribution < 1.29 is 11.3 Å². The van der Waals surface area contributed by atoms with Crippen molar-refractivity contribution in [2.75, 3.05) is 0 Å². The van der Waals surface area contributed by atoms with Gasteiger partial charge in [0.1, 0.15) is 5.58 Å². The average Bonchev–Trinajstić information content (AvgIpc) is 3.04. The number of rotatable bonds is 2. The largest absolute Gasteiger partial charge is 0.437 e. The summed E-state index contributed by atoms with van der Waals surface area (Å²) < 4.78 is 45.8. The molecule has 0 aliphatic rings. The first kappa shape index (κ1) is 11.0. The molecule has 0 radical (unpaired) electrons. The van der Waals surface area contributed by atoms with Gasteiger partial charge < -0.3 is 4.42 Å². The van der Waals surface area contributed by atoms with Gasteiger partial charge in [-0.3, -0.25) is 4.98 Å². The molecule has 0 spiro atoms. The summed E-state index contributed by atoms with van der Waals surface area (Å²) in [4.78, 5) is 8.64. The van der Waals surface area contributed by atoms with Crippen LogP contribution in [0, 0.1) is 12.3 Å². The Morgan fingerprint density at radius 2 is 2.00 bits per heavy atom. The number of furan rings is 1. The molecule has 4 aromatic rings. The molecule has 0 atom stereocenters. The zero-order valence-corrected chi connectivity index (χ0v) is 14.4. The maximum absolute atomic E-state index is 8.56. The Bertz CT molecular complexity index is 1250. The van der Waals surface area contributed by atoms with Crippen LogP contribution in [-0.4, -0.2) is 9.97 Å². The summed E-state index contributed by atoms with van der Waals surface area (Å²) in [5, 5.41) is 1.53. The molecule has 3 aromatic heterocycles. The Kier molecular flexibility index (Phi) is 2.51. The molecule has 1 aromatic carbocycles. The first-order valence-corrected chi connectivity index (χ1v) is 8.19. The molecule has 3 nitrogen and oxygen atoms in total. The third-order valence-corrected chi connectivity index (χ3v) is 3.92.